The Hall–Kier alpha value is -2.83. The Kier molecular flexibility index (Phi) is 9.08. The molecule has 0 aromatic carbocycles. The second-order valence-corrected chi connectivity index (χ2v) is 8.62. The van der Waals surface area contributed by atoms with Gasteiger partial charge in [-0.15, -0.1) is 0 Å². The van der Waals surface area contributed by atoms with Gasteiger partial charge in [0.15, 0.2) is 11.5 Å². The van der Waals surface area contributed by atoms with Gasteiger partial charge in [0.05, 0.1) is 25.9 Å². The first-order valence-electron chi connectivity index (χ1n) is 10.6. The summed E-state index contributed by atoms with van der Waals surface area (Å²) in [6.45, 7) is 6.47. The molecule has 1 aromatic rings. The number of aryl methyl sites for hydroxylation is 1. The first-order chi connectivity index (χ1) is 15.5. The highest BCUT2D eigenvalue weighted by Gasteiger charge is 2.50. The molecule has 3 amide bonds. The summed E-state index contributed by atoms with van der Waals surface area (Å²) in [6, 6.07) is -1.95. The molecule has 12 heteroatoms. The monoisotopic (exact) mass is 468 g/mol. The first-order valence-corrected chi connectivity index (χ1v) is 10.6. The molecular formula is C21H32N4O8. The normalized spacial score (nSPS) is 20.0. The van der Waals surface area contributed by atoms with E-state index in [0.29, 0.717) is 12.2 Å². The number of hydrogen-bond acceptors (Lipinski definition) is 9. The topological polar surface area (TPSA) is 172 Å². The Morgan fingerprint density at radius 2 is 1.76 bits per heavy atom. The Bertz CT molecular complexity index is 864. The standard InChI is InChI=1S/C21H32N4O8/c1-11(2)6-13(17(27)21(4)10-32-21)22-20(30)16(9-31-5)24-19(29)15(8-26)23-18(28)14-7-12(3)33-25-14/h7,11,13,15-16,26H,6,8-10H2,1-5H3,(H,22,30)(H,23,28)(H,24,29)/t13-,15-,16-,21-/m0/s1. The fourth-order valence-electron chi connectivity index (χ4n) is 3.12. The highest BCUT2D eigenvalue weighted by Crippen LogP contribution is 2.29. The minimum Gasteiger partial charge on any atom is -0.394 e. The van der Waals surface area contributed by atoms with Crippen LogP contribution in [0.2, 0.25) is 0 Å². The van der Waals surface area contributed by atoms with E-state index in [1.165, 1.54) is 13.2 Å². The van der Waals surface area contributed by atoms with Crippen LogP contribution >= 0.6 is 0 Å². The number of ether oxygens (including phenoxy) is 2. The van der Waals surface area contributed by atoms with Crippen LogP contribution < -0.4 is 16.0 Å². The van der Waals surface area contributed by atoms with Crippen LogP contribution in [0.25, 0.3) is 0 Å². The van der Waals surface area contributed by atoms with E-state index in [1.54, 1.807) is 13.8 Å². The van der Waals surface area contributed by atoms with Crippen molar-refractivity contribution in [1.82, 2.24) is 21.1 Å². The van der Waals surface area contributed by atoms with Crippen molar-refractivity contribution in [2.24, 2.45) is 5.92 Å². The predicted octanol–water partition coefficient (Wildman–Crippen LogP) is -0.906. The van der Waals surface area contributed by atoms with Crippen molar-refractivity contribution in [3.8, 4) is 0 Å². The SMILES string of the molecule is COC[C@H](NC(=O)[C@H](CO)NC(=O)c1cc(C)on1)C(=O)N[C@@H](CC(C)C)C(=O)[C@]1(C)CO1. The molecule has 0 radical (unpaired) electrons. The smallest absolute Gasteiger partial charge is 0.274 e. The van der Waals surface area contributed by atoms with Gasteiger partial charge in [-0.1, -0.05) is 19.0 Å². The van der Waals surface area contributed by atoms with E-state index in [2.05, 4.69) is 21.1 Å². The van der Waals surface area contributed by atoms with E-state index in [1.807, 2.05) is 13.8 Å². The number of ketones is 1. The molecule has 0 spiro atoms. The Morgan fingerprint density at radius 3 is 2.24 bits per heavy atom. The van der Waals surface area contributed by atoms with Crippen LogP contribution in [-0.2, 0) is 23.9 Å². The van der Waals surface area contributed by atoms with Gasteiger partial charge in [-0.05, 0) is 26.2 Å². The highest BCUT2D eigenvalue weighted by atomic mass is 16.6. The van der Waals surface area contributed by atoms with Crippen LogP contribution in [0, 0.1) is 12.8 Å². The summed E-state index contributed by atoms with van der Waals surface area (Å²) >= 11 is 0. The van der Waals surface area contributed by atoms with E-state index in [9.17, 15) is 24.3 Å². The van der Waals surface area contributed by atoms with E-state index in [4.69, 9.17) is 14.0 Å². The number of nitrogens with zero attached hydrogens (tertiary/aromatic N) is 1. The van der Waals surface area contributed by atoms with Gasteiger partial charge >= 0.3 is 0 Å². The number of carbonyl (C=O) groups is 4. The summed E-state index contributed by atoms with van der Waals surface area (Å²) in [5, 5.41) is 20.6. The van der Waals surface area contributed by atoms with E-state index < -0.39 is 48.1 Å². The summed E-state index contributed by atoms with van der Waals surface area (Å²) in [4.78, 5) is 50.5. The van der Waals surface area contributed by atoms with Crippen LogP contribution in [0.5, 0.6) is 0 Å². The number of aliphatic hydroxyl groups is 1. The van der Waals surface area contributed by atoms with Crippen LogP contribution in [0.4, 0.5) is 0 Å². The molecule has 1 saturated heterocycles. The summed E-state index contributed by atoms with van der Waals surface area (Å²) in [5.41, 5.74) is -0.978. The molecule has 1 aliphatic rings. The molecule has 4 atom stereocenters. The zero-order valence-corrected chi connectivity index (χ0v) is 19.5. The van der Waals surface area contributed by atoms with Crippen LogP contribution in [-0.4, -0.2) is 84.4 Å². The second-order valence-electron chi connectivity index (χ2n) is 8.62. The molecule has 2 rings (SSSR count). The van der Waals surface area contributed by atoms with E-state index in [-0.39, 0.29) is 30.6 Å². The lowest BCUT2D eigenvalue weighted by Gasteiger charge is -2.25. The number of methoxy groups -OCH3 is 1. The molecule has 4 N–H and O–H groups in total. The summed E-state index contributed by atoms with van der Waals surface area (Å²) in [5.74, 6) is -1.90. The maximum atomic E-state index is 12.9. The highest BCUT2D eigenvalue weighted by molar-refractivity contribution is 5.99. The van der Waals surface area contributed by atoms with Crippen molar-refractivity contribution in [3.05, 3.63) is 17.5 Å². The van der Waals surface area contributed by atoms with Crippen LogP contribution in [0.3, 0.4) is 0 Å². The zero-order chi connectivity index (χ0) is 24.8. The minimum atomic E-state index is -1.35. The van der Waals surface area contributed by atoms with Gasteiger partial charge in [0.1, 0.15) is 23.4 Å². The molecule has 2 heterocycles. The number of epoxide rings is 1. The first kappa shape index (κ1) is 26.4. The number of nitrogens with one attached hydrogen (secondary N) is 3. The van der Waals surface area contributed by atoms with Gasteiger partial charge < -0.3 is 35.1 Å². The van der Waals surface area contributed by atoms with Gasteiger partial charge in [0.2, 0.25) is 11.8 Å². The number of rotatable bonds is 13. The van der Waals surface area contributed by atoms with Crippen LogP contribution in [0.15, 0.2) is 10.6 Å². The maximum absolute atomic E-state index is 12.9. The number of aromatic nitrogens is 1. The zero-order valence-electron chi connectivity index (χ0n) is 19.5. The van der Waals surface area contributed by atoms with Crippen molar-refractivity contribution in [2.75, 3.05) is 26.9 Å². The van der Waals surface area contributed by atoms with Gasteiger partial charge in [-0.25, -0.2) is 0 Å². The average Bonchev–Trinajstić information content (AvgIpc) is 3.35. The van der Waals surface area contributed by atoms with Crippen molar-refractivity contribution in [2.45, 2.75) is 57.8 Å². The van der Waals surface area contributed by atoms with Crippen molar-refractivity contribution in [1.29, 1.82) is 0 Å². The number of carbonyl (C=O) groups excluding carboxylic acids is 4. The second kappa shape index (κ2) is 11.3. The third-order valence-corrected chi connectivity index (χ3v) is 5.07. The lowest BCUT2D eigenvalue weighted by Crippen LogP contribution is -2.58. The summed E-state index contributed by atoms with van der Waals surface area (Å²) in [6.07, 6.45) is 0.392. The number of Topliss-reactive ketones (excluding diaryl/α,β-unsaturated/α-hetero) is 1. The van der Waals surface area contributed by atoms with Crippen molar-refractivity contribution < 1.29 is 38.3 Å². The molecule has 1 aromatic heterocycles. The summed E-state index contributed by atoms with van der Waals surface area (Å²) < 4.78 is 15.1. The van der Waals surface area contributed by atoms with Crippen molar-refractivity contribution in [3.63, 3.8) is 0 Å². The molecule has 1 fully saturated rings. The number of hydrogen-bond donors (Lipinski definition) is 4. The largest absolute Gasteiger partial charge is 0.394 e. The summed E-state index contributed by atoms with van der Waals surface area (Å²) in [7, 11) is 1.35. The molecule has 0 aliphatic carbocycles. The number of amides is 3. The molecule has 1 aliphatic heterocycles. The molecular weight excluding hydrogens is 436 g/mol. The van der Waals surface area contributed by atoms with Crippen LogP contribution in [0.1, 0.15) is 43.4 Å². The van der Waals surface area contributed by atoms with Gasteiger partial charge in [-0.2, -0.15) is 0 Å². The quantitative estimate of drug-likeness (QED) is 0.267. The van der Waals surface area contributed by atoms with Crippen molar-refractivity contribution >= 4 is 23.5 Å². The number of aliphatic hydroxyl groups excluding tert-OH is 1. The Morgan fingerprint density at radius 1 is 1.15 bits per heavy atom. The minimum absolute atomic E-state index is 0.0595. The molecule has 33 heavy (non-hydrogen) atoms. The third kappa shape index (κ3) is 7.34. The Labute approximate surface area is 191 Å². The predicted molar refractivity (Wildman–Crippen MR) is 114 cm³/mol. The fraction of sp³-hybridized carbons (Fsp3) is 0.667. The molecule has 184 valence electrons. The maximum Gasteiger partial charge on any atom is 0.274 e. The van der Waals surface area contributed by atoms with Gasteiger partial charge in [0, 0.05) is 13.2 Å². The fourth-order valence-corrected chi connectivity index (χ4v) is 3.12. The van der Waals surface area contributed by atoms with Gasteiger partial charge in [0.25, 0.3) is 5.91 Å². The molecule has 0 saturated carbocycles. The Balaban J connectivity index is 2.05. The average molecular weight is 469 g/mol. The molecule has 12 nitrogen and oxygen atoms in total. The molecule has 0 unspecified atom stereocenters. The molecule has 0 bridgehead atoms. The lowest BCUT2D eigenvalue weighted by atomic mass is 9.93. The third-order valence-electron chi connectivity index (χ3n) is 5.07. The van der Waals surface area contributed by atoms with Gasteiger partial charge in [-0.3, -0.25) is 19.2 Å². The van der Waals surface area contributed by atoms with E-state index >= 15 is 0 Å². The van der Waals surface area contributed by atoms with E-state index in [0.717, 1.165) is 0 Å². The lowest BCUT2D eigenvalue weighted by molar-refractivity contribution is -0.134.